The van der Waals surface area contributed by atoms with E-state index in [1.54, 1.807) is 20.8 Å². The largest absolute Gasteiger partial charge is 0.398 e. The number of nitro groups is 1. The summed E-state index contributed by atoms with van der Waals surface area (Å²) >= 11 is 0. The highest BCUT2D eigenvalue weighted by Crippen LogP contribution is 2.27. The van der Waals surface area contributed by atoms with Crippen molar-refractivity contribution in [1.82, 2.24) is 5.32 Å². The van der Waals surface area contributed by atoms with Crippen LogP contribution in [0.3, 0.4) is 0 Å². The highest BCUT2D eigenvalue weighted by atomic mass is 16.6. The molecule has 0 spiro atoms. The predicted molar refractivity (Wildman–Crippen MR) is 53.2 cm³/mol. The predicted octanol–water partition coefficient (Wildman–Crippen LogP) is 0.459. The van der Waals surface area contributed by atoms with E-state index >= 15 is 0 Å². The molecule has 1 amide bonds. The SMILES string of the molecule is CNC(=O)C(C(=NO)[N+](=O)[O-])C(C)(C)C. The van der Waals surface area contributed by atoms with Gasteiger partial charge in [0, 0.05) is 7.05 Å². The van der Waals surface area contributed by atoms with Gasteiger partial charge in [-0.2, -0.15) is 0 Å². The molecule has 7 nitrogen and oxygen atoms in total. The van der Waals surface area contributed by atoms with Crippen LogP contribution in [0.5, 0.6) is 0 Å². The molecule has 15 heavy (non-hydrogen) atoms. The quantitative estimate of drug-likeness (QED) is 0.230. The third kappa shape index (κ3) is 3.19. The van der Waals surface area contributed by atoms with Crippen molar-refractivity contribution < 1.29 is 14.9 Å². The van der Waals surface area contributed by atoms with Crippen LogP contribution in [0.25, 0.3) is 0 Å². The molecule has 0 saturated heterocycles. The average molecular weight is 217 g/mol. The number of rotatable bonds is 2. The van der Waals surface area contributed by atoms with Crippen molar-refractivity contribution in [1.29, 1.82) is 0 Å². The Kier molecular flexibility index (Phi) is 4.20. The summed E-state index contributed by atoms with van der Waals surface area (Å²) in [4.78, 5) is 21.2. The van der Waals surface area contributed by atoms with E-state index < -0.39 is 28.0 Å². The van der Waals surface area contributed by atoms with Gasteiger partial charge in [-0.15, -0.1) is 0 Å². The van der Waals surface area contributed by atoms with Crippen molar-refractivity contribution in [2.24, 2.45) is 16.5 Å². The summed E-state index contributed by atoms with van der Waals surface area (Å²) in [7, 11) is 1.37. The molecule has 2 N–H and O–H groups in total. The lowest BCUT2D eigenvalue weighted by Crippen LogP contribution is -2.44. The zero-order valence-corrected chi connectivity index (χ0v) is 9.14. The van der Waals surface area contributed by atoms with Crippen molar-refractivity contribution in [3.8, 4) is 0 Å². The third-order valence-corrected chi connectivity index (χ3v) is 1.92. The van der Waals surface area contributed by atoms with E-state index in [0.29, 0.717) is 0 Å². The highest BCUT2D eigenvalue weighted by Gasteiger charge is 2.43. The monoisotopic (exact) mass is 217 g/mol. The fraction of sp³-hybridized carbons (Fsp3) is 0.750. The highest BCUT2D eigenvalue weighted by molar-refractivity contribution is 5.99. The summed E-state index contributed by atoms with van der Waals surface area (Å²) in [6, 6.07) is 0. The molecule has 0 radical (unpaired) electrons. The summed E-state index contributed by atoms with van der Waals surface area (Å²) in [6.07, 6.45) is 0. The van der Waals surface area contributed by atoms with Gasteiger partial charge in [-0.05, 0) is 10.3 Å². The first-order valence-electron chi connectivity index (χ1n) is 4.33. The molecule has 0 saturated carbocycles. The maximum atomic E-state index is 11.5. The van der Waals surface area contributed by atoms with Gasteiger partial charge in [-0.25, -0.2) is 0 Å². The van der Waals surface area contributed by atoms with Crippen LogP contribution in [-0.4, -0.2) is 28.9 Å². The lowest BCUT2D eigenvalue weighted by atomic mass is 9.79. The molecular weight excluding hydrogens is 202 g/mol. The van der Waals surface area contributed by atoms with Crippen LogP contribution in [0.4, 0.5) is 0 Å². The summed E-state index contributed by atoms with van der Waals surface area (Å²) in [5.41, 5.74) is -0.700. The van der Waals surface area contributed by atoms with Crippen LogP contribution in [-0.2, 0) is 4.79 Å². The van der Waals surface area contributed by atoms with Crippen LogP contribution in [0.15, 0.2) is 5.16 Å². The van der Waals surface area contributed by atoms with Gasteiger partial charge in [-0.1, -0.05) is 20.8 Å². The molecule has 0 rings (SSSR count). The molecule has 7 heteroatoms. The second-order valence-electron chi connectivity index (χ2n) is 4.13. The normalized spacial score (nSPS) is 14.5. The molecule has 86 valence electrons. The van der Waals surface area contributed by atoms with Gasteiger partial charge in [0.15, 0.2) is 11.1 Å². The van der Waals surface area contributed by atoms with Gasteiger partial charge in [0.25, 0.3) is 0 Å². The molecule has 0 bridgehead atoms. The van der Waals surface area contributed by atoms with Gasteiger partial charge in [0.05, 0.1) is 0 Å². The van der Waals surface area contributed by atoms with Crippen molar-refractivity contribution in [3.63, 3.8) is 0 Å². The molecule has 1 atom stereocenters. The second-order valence-corrected chi connectivity index (χ2v) is 4.13. The summed E-state index contributed by atoms with van der Waals surface area (Å²) < 4.78 is 0. The Bertz CT molecular complexity index is 293. The molecule has 0 aliphatic rings. The van der Waals surface area contributed by atoms with Crippen molar-refractivity contribution in [2.45, 2.75) is 20.8 Å². The topological polar surface area (TPSA) is 105 Å². The maximum absolute atomic E-state index is 11.5. The second kappa shape index (κ2) is 4.72. The minimum Gasteiger partial charge on any atom is -0.358 e. The van der Waals surface area contributed by atoms with Gasteiger partial charge in [0.1, 0.15) is 0 Å². The fourth-order valence-corrected chi connectivity index (χ4v) is 1.24. The van der Waals surface area contributed by atoms with Gasteiger partial charge < -0.3 is 20.6 Å². The standard InChI is InChI=1S/C8H15N3O4/c1-8(2,3)5(7(12)9-4)6(10-13)11(14)15/h5,13H,1-4H3,(H,9,12). The van der Waals surface area contributed by atoms with Crippen LogP contribution < -0.4 is 5.32 Å². The minimum atomic E-state index is -1.09. The molecule has 1 unspecified atom stereocenters. The van der Waals surface area contributed by atoms with Gasteiger partial charge >= 0.3 is 5.84 Å². The first kappa shape index (κ1) is 13.3. The molecule has 0 aromatic heterocycles. The van der Waals surface area contributed by atoms with Crippen LogP contribution >= 0.6 is 0 Å². The number of nitrogens with zero attached hydrogens (tertiary/aromatic N) is 2. The van der Waals surface area contributed by atoms with Crippen molar-refractivity contribution >= 4 is 11.7 Å². The smallest absolute Gasteiger partial charge is 0.358 e. The molecular formula is C8H15N3O4. The Labute approximate surface area is 87.3 Å². The Morgan fingerprint density at radius 3 is 2.20 bits per heavy atom. The number of amides is 1. The van der Waals surface area contributed by atoms with Crippen LogP contribution in [0, 0.1) is 21.4 Å². The number of nitrogens with one attached hydrogen (secondary N) is 1. The Morgan fingerprint density at radius 2 is 2.00 bits per heavy atom. The summed E-state index contributed by atoms with van der Waals surface area (Å²) in [5.74, 6) is -2.39. The Balaban J connectivity index is 5.29. The van der Waals surface area contributed by atoms with E-state index in [9.17, 15) is 14.9 Å². The van der Waals surface area contributed by atoms with E-state index in [-0.39, 0.29) is 0 Å². The maximum Gasteiger partial charge on any atom is 0.398 e. The third-order valence-electron chi connectivity index (χ3n) is 1.92. The van der Waals surface area contributed by atoms with Gasteiger partial charge in [0.2, 0.25) is 5.91 Å². The van der Waals surface area contributed by atoms with Crippen LogP contribution in [0.2, 0.25) is 0 Å². The average Bonchev–Trinajstić information content (AvgIpc) is 2.10. The number of carbonyl (C=O) groups is 1. The molecule has 0 fully saturated rings. The lowest BCUT2D eigenvalue weighted by Gasteiger charge is -2.25. The number of oxime groups is 1. The van der Waals surface area contributed by atoms with E-state index in [2.05, 4.69) is 10.5 Å². The molecule has 0 aliphatic heterocycles. The van der Waals surface area contributed by atoms with E-state index in [1.807, 2.05) is 0 Å². The van der Waals surface area contributed by atoms with E-state index in [1.165, 1.54) is 7.05 Å². The minimum absolute atomic E-state index is 0.549. The number of hydrogen-bond donors (Lipinski definition) is 2. The number of carbonyl (C=O) groups excluding carboxylic acids is 1. The molecule has 0 heterocycles. The van der Waals surface area contributed by atoms with Gasteiger partial charge in [-0.3, -0.25) is 4.79 Å². The van der Waals surface area contributed by atoms with Crippen molar-refractivity contribution in [2.75, 3.05) is 7.05 Å². The van der Waals surface area contributed by atoms with E-state index in [4.69, 9.17) is 5.21 Å². The zero-order chi connectivity index (χ0) is 12.2. The van der Waals surface area contributed by atoms with Crippen molar-refractivity contribution in [3.05, 3.63) is 10.1 Å². The molecule has 0 aromatic carbocycles. The fourth-order valence-electron chi connectivity index (χ4n) is 1.24. The summed E-state index contributed by atoms with van der Waals surface area (Å²) in [6.45, 7) is 4.96. The zero-order valence-electron chi connectivity index (χ0n) is 9.14. The number of hydrogen-bond acceptors (Lipinski definition) is 5. The summed E-state index contributed by atoms with van der Waals surface area (Å²) in [5, 5.41) is 24.0. The number of amidine groups is 1. The Morgan fingerprint density at radius 1 is 1.53 bits per heavy atom. The molecule has 0 aromatic rings. The first-order chi connectivity index (χ1) is 6.75. The first-order valence-corrected chi connectivity index (χ1v) is 4.33. The Hall–Kier alpha value is -1.66. The van der Waals surface area contributed by atoms with Crippen LogP contribution in [0.1, 0.15) is 20.8 Å². The van der Waals surface area contributed by atoms with E-state index in [0.717, 1.165) is 0 Å². The molecule has 0 aliphatic carbocycles. The lowest BCUT2D eigenvalue weighted by molar-refractivity contribution is -0.359.